The first kappa shape index (κ1) is 26.1. The van der Waals surface area contributed by atoms with E-state index in [1.54, 1.807) is 66.7 Å². The summed E-state index contributed by atoms with van der Waals surface area (Å²) in [5.74, 6) is -0.815. The molecule has 4 aromatic rings. The van der Waals surface area contributed by atoms with Gasteiger partial charge in [0.15, 0.2) is 0 Å². The third-order valence-corrected chi connectivity index (χ3v) is 7.65. The van der Waals surface area contributed by atoms with E-state index in [0.29, 0.717) is 34.7 Å². The molecule has 0 saturated carbocycles. The minimum Gasteiger partial charge on any atom is -0.321 e. The van der Waals surface area contributed by atoms with Crippen molar-refractivity contribution < 1.29 is 19.2 Å². The molecule has 2 heterocycles. The Morgan fingerprint density at radius 2 is 1.51 bits per heavy atom. The minimum atomic E-state index is -0.448. The smallest absolute Gasteiger partial charge is 0.272 e. The van der Waals surface area contributed by atoms with E-state index in [0.717, 1.165) is 10.5 Å². The largest absolute Gasteiger partial charge is 0.321 e. The van der Waals surface area contributed by atoms with Gasteiger partial charge in [0.1, 0.15) is 5.70 Å². The number of nitrogens with zero attached hydrogens (tertiary/aromatic N) is 1. The van der Waals surface area contributed by atoms with Gasteiger partial charge in [0.2, 0.25) is 0 Å². The Labute approximate surface area is 233 Å². The zero-order valence-electron chi connectivity index (χ0n) is 20.6. The van der Waals surface area contributed by atoms with Crippen LogP contribution in [0.2, 0.25) is 0 Å². The van der Waals surface area contributed by atoms with Gasteiger partial charge in [-0.05, 0) is 77.0 Å². The molecule has 0 atom stereocenters. The van der Waals surface area contributed by atoms with E-state index >= 15 is 0 Å². The number of nitrogens with one attached hydrogen (secondary N) is 2. The standard InChI is InChI=1S/C30H23N3O4S2/c34-27(21-6-2-1-3-7-21)32-26(18-20-14-16-38-19-20)28(35)31-22-10-12-23(13-11-22)39-17-15-33-29(36)24-8-4-5-9-25(24)30(33)37/h1-14,16,18-19H,15,17H2,(H,31,35)(H,32,34)/b26-18-. The summed E-state index contributed by atoms with van der Waals surface area (Å²) in [7, 11) is 0. The molecule has 0 unspecified atom stereocenters. The number of imide groups is 1. The lowest BCUT2D eigenvalue weighted by atomic mass is 10.1. The van der Waals surface area contributed by atoms with Gasteiger partial charge in [-0.1, -0.05) is 30.3 Å². The van der Waals surface area contributed by atoms with Crippen molar-refractivity contribution in [2.75, 3.05) is 17.6 Å². The molecule has 0 aliphatic carbocycles. The van der Waals surface area contributed by atoms with Crippen LogP contribution in [0.15, 0.2) is 106 Å². The van der Waals surface area contributed by atoms with Crippen molar-refractivity contribution in [1.82, 2.24) is 10.2 Å². The summed E-state index contributed by atoms with van der Waals surface area (Å²) in [6.45, 7) is 0.299. The fourth-order valence-electron chi connectivity index (χ4n) is 4.00. The van der Waals surface area contributed by atoms with Crippen LogP contribution in [0.4, 0.5) is 5.69 Å². The van der Waals surface area contributed by atoms with Crippen molar-refractivity contribution in [3.05, 3.63) is 124 Å². The van der Waals surface area contributed by atoms with Crippen molar-refractivity contribution >= 4 is 58.5 Å². The fourth-order valence-corrected chi connectivity index (χ4v) is 5.45. The summed E-state index contributed by atoms with van der Waals surface area (Å²) >= 11 is 3.00. The summed E-state index contributed by atoms with van der Waals surface area (Å²) < 4.78 is 0. The van der Waals surface area contributed by atoms with Gasteiger partial charge in [0.05, 0.1) is 11.1 Å². The fraction of sp³-hybridized carbons (Fsp3) is 0.0667. The highest BCUT2D eigenvalue weighted by Gasteiger charge is 2.34. The summed E-state index contributed by atoms with van der Waals surface area (Å²) in [5.41, 5.74) is 2.84. The number of anilines is 1. The van der Waals surface area contributed by atoms with Crippen LogP contribution < -0.4 is 10.6 Å². The number of thiophene rings is 1. The van der Waals surface area contributed by atoms with E-state index in [1.165, 1.54) is 28.0 Å². The van der Waals surface area contributed by atoms with E-state index in [9.17, 15) is 19.2 Å². The molecule has 0 spiro atoms. The second-order valence-corrected chi connectivity index (χ2v) is 10.5. The number of carbonyl (C=O) groups excluding carboxylic acids is 4. The summed E-state index contributed by atoms with van der Waals surface area (Å²) in [6.07, 6.45) is 1.64. The van der Waals surface area contributed by atoms with Gasteiger partial charge in [-0.15, -0.1) is 11.8 Å². The lowest BCUT2D eigenvalue weighted by molar-refractivity contribution is -0.113. The third-order valence-electron chi connectivity index (χ3n) is 5.96. The second kappa shape index (κ2) is 11.9. The van der Waals surface area contributed by atoms with E-state index in [1.807, 2.05) is 35.0 Å². The van der Waals surface area contributed by atoms with Gasteiger partial charge in [-0.25, -0.2) is 0 Å². The average Bonchev–Trinajstić information content (AvgIpc) is 3.56. The van der Waals surface area contributed by atoms with Gasteiger partial charge in [-0.3, -0.25) is 24.1 Å². The Hall–Kier alpha value is -4.47. The lowest BCUT2D eigenvalue weighted by Gasteiger charge is -2.13. The normalized spacial score (nSPS) is 12.8. The van der Waals surface area contributed by atoms with Crippen LogP contribution >= 0.6 is 23.1 Å². The van der Waals surface area contributed by atoms with Crippen LogP contribution in [0.3, 0.4) is 0 Å². The summed E-state index contributed by atoms with van der Waals surface area (Å²) in [4.78, 5) is 53.1. The molecule has 5 rings (SSSR count). The Morgan fingerprint density at radius 1 is 0.846 bits per heavy atom. The molecule has 1 aliphatic rings. The van der Waals surface area contributed by atoms with E-state index < -0.39 is 5.91 Å². The SMILES string of the molecule is O=C(Nc1ccc(SCCN2C(=O)c3ccccc3C2=O)cc1)/C(=C/c1ccsc1)NC(=O)c1ccccc1. The molecule has 0 fully saturated rings. The molecule has 0 bridgehead atoms. The Balaban J connectivity index is 1.19. The lowest BCUT2D eigenvalue weighted by Crippen LogP contribution is -2.31. The second-order valence-electron chi connectivity index (χ2n) is 8.57. The molecule has 2 N–H and O–H groups in total. The van der Waals surface area contributed by atoms with Crippen molar-refractivity contribution in [2.24, 2.45) is 0 Å². The van der Waals surface area contributed by atoms with Crippen LogP contribution in [-0.4, -0.2) is 40.8 Å². The molecular formula is C30H23N3O4S2. The predicted molar refractivity (Wildman–Crippen MR) is 154 cm³/mol. The first-order valence-electron chi connectivity index (χ1n) is 12.1. The molecule has 194 valence electrons. The minimum absolute atomic E-state index is 0.127. The highest BCUT2D eigenvalue weighted by molar-refractivity contribution is 7.99. The maximum absolute atomic E-state index is 13.1. The highest BCUT2D eigenvalue weighted by Crippen LogP contribution is 2.25. The molecule has 39 heavy (non-hydrogen) atoms. The van der Waals surface area contributed by atoms with Gasteiger partial charge in [-0.2, -0.15) is 11.3 Å². The van der Waals surface area contributed by atoms with E-state index in [2.05, 4.69) is 10.6 Å². The number of thioether (sulfide) groups is 1. The number of benzene rings is 3. The van der Waals surface area contributed by atoms with Crippen molar-refractivity contribution in [1.29, 1.82) is 0 Å². The molecule has 0 radical (unpaired) electrons. The van der Waals surface area contributed by atoms with Crippen LogP contribution in [0, 0.1) is 0 Å². The maximum atomic E-state index is 13.1. The predicted octanol–water partition coefficient (Wildman–Crippen LogP) is 5.55. The molecular weight excluding hydrogens is 530 g/mol. The van der Waals surface area contributed by atoms with E-state index in [-0.39, 0.29) is 23.4 Å². The molecule has 4 amide bonds. The van der Waals surface area contributed by atoms with Gasteiger partial charge in [0, 0.05) is 28.4 Å². The van der Waals surface area contributed by atoms with E-state index in [4.69, 9.17) is 0 Å². The Kier molecular flexibility index (Phi) is 8.00. The topological polar surface area (TPSA) is 95.6 Å². The van der Waals surface area contributed by atoms with Gasteiger partial charge < -0.3 is 10.6 Å². The van der Waals surface area contributed by atoms with Crippen LogP contribution in [0.1, 0.15) is 36.6 Å². The zero-order chi connectivity index (χ0) is 27.2. The summed E-state index contributed by atoms with van der Waals surface area (Å²) in [5, 5.41) is 9.34. The highest BCUT2D eigenvalue weighted by atomic mass is 32.2. The first-order valence-corrected chi connectivity index (χ1v) is 14.0. The molecule has 3 aromatic carbocycles. The number of carbonyl (C=O) groups is 4. The molecule has 9 heteroatoms. The third kappa shape index (κ3) is 6.17. The number of hydrogen-bond donors (Lipinski definition) is 2. The molecule has 1 aromatic heterocycles. The van der Waals surface area contributed by atoms with Crippen LogP contribution in [-0.2, 0) is 4.79 Å². The Morgan fingerprint density at radius 3 is 2.15 bits per heavy atom. The van der Waals surface area contributed by atoms with Crippen LogP contribution in [0.5, 0.6) is 0 Å². The number of hydrogen-bond acceptors (Lipinski definition) is 6. The first-order chi connectivity index (χ1) is 19.0. The number of rotatable bonds is 9. The van der Waals surface area contributed by atoms with Crippen molar-refractivity contribution in [3.63, 3.8) is 0 Å². The monoisotopic (exact) mass is 553 g/mol. The molecule has 7 nitrogen and oxygen atoms in total. The van der Waals surface area contributed by atoms with Gasteiger partial charge in [0.25, 0.3) is 23.6 Å². The molecule has 0 saturated heterocycles. The van der Waals surface area contributed by atoms with Crippen molar-refractivity contribution in [2.45, 2.75) is 4.90 Å². The Bertz CT molecular complexity index is 1510. The average molecular weight is 554 g/mol. The summed E-state index contributed by atoms with van der Waals surface area (Å²) in [6, 6.07) is 24.6. The van der Waals surface area contributed by atoms with Gasteiger partial charge >= 0.3 is 0 Å². The van der Waals surface area contributed by atoms with Crippen molar-refractivity contribution in [3.8, 4) is 0 Å². The molecule has 1 aliphatic heterocycles. The zero-order valence-corrected chi connectivity index (χ0v) is 22.3. The van der Waals surface area contributed by atoms with Crippen LogP contribution in [0.25, 0.3) is 6.08 Å². The number of amides is 4. The quantitative estimate of drug-likeness (QED) is 0.161. The maximum Gasteiger partial charge on any atom is 0.272 e. The number of fused-ring (bicyclic) bond motifs is 1.